The minimum absolute atomic E-state index is 0.329. The standard InChI is InChI=1S/C13H24N6O/c1-5-10-9-20-8-7-19(10)13-16-11(14-6-2)15-12(17-13)18(3)4/h10H,5-9H2,1-4H3,(H,14,15,16,17). The van der Waals surface area contributed by atoms with Crippen molar-refractivity contribution in [3.05, 3.63) is 0 Å². The molecule has 1 saturated heterocycles. The lowest BCUT2D eigenvalue weighted by Gasteiger charge is -2.35. The summed E-state index contributed by atoms with van der Waals surface area (Å²) in [5.41, 5.74) is 0. The number of anilines is 3. The Hall–Kier alpha value is -1.63. The van der Waals surface area contributed by atoms with Crippen molar-refractivity contribution in [3.63, 3.8) is 0 Å². The molecule has 7 nitrogen and oxygen atoms in total. The predicted octanol–water partition coefficient (Wildman–Crippen LogP) is 0.985. The van der Waals surface area contributed by atoms with E-state index in [0.717, 1.165) is 38.7 Å². The number of hydrogen-bond donors (Lipinski definition) is 1. The van der Waals surface area contributed by atoms with Crippen LogP contribution in [0.25, 0.3) is 0 Å². The van der Waals surface area contributed by atoms with Crippen LogP contribution in [0.4, 0.5) is 17.8 Å². The molecule has 0 bridgehead atoms. The van der Waals surface area contributed by atoms with Crippen molar-refractivity contribution in [2.24, 2.45) is 0 Å². The van der Waals surface area contributed by atoms with Crippen molar-refractivity contribution in [3.8, 4) is 0 Å². The lowest BCUT2D eigenvalue weighted by atomic mass is 10.2. The molecule has 1 aliphatic rings. The number of ether oxygens (including phenoxy) is 1. The maximum Gasteiger partial charge on any atom is 0.232 e. The molecule has 20 heavy (non-hydrogen) atoms. The molecular weight excluding hydrogens is 256 g/mol. The maximum atomic E-state index is 5.54. The van der Waals surface area contributed by atoms with Gasteiger partial charge < -0.3 is 19.9 Å². The van der Waals surface area contributed by atoms with Crippen LogP contribution in [-0.2, 0) is 4.74 Å². The molecule has 1 fully saturated rings. The molecule has 1 aromatic rings. The Morgan fingerprint density at radius 1 is 1.30 bits per heavy atom. The van der Waals surface area contributed by atoms with Gasteiger partial charge in [0.05, 0.1) is 19.3 Å². The van der Waals surface area contributed by atoms with Crippen LogP contribution >= 0.6 is 0 Å². The molecule has 0 saturated carbocycles. The van der Waals surface area contributed by atoms with Crippen molar-refractivity contribution in [2.75, 3.05) is 55.5 Å². The first-order valence-corrected chi connectivity index (χ1v) is 7.17. The van der Waals surface area contributed by atoms with Crippen LogP contribution in [0.1, 0.15) is 20.3 Å². The van der Waals surface area contributed by atoms with Crippen LogP contribution in [0.15, 0.2) is 0 Å². The summed E-state index contributed by atoms with van der Waals surface area (Å²) < 4.78 is 5.54. The van der Waals surface area contributed by atoms with Gasteiger partial charge in [-0.25, -0.2) is 0 Å². The van der Waals surface area contributed by atoms with Crippen LogP contribution in [0.3, 0.4) is 0 Å². The fourth-order valence-electron chi connectivity index (χ4n) is 2.18. The molecule has 112 valence electrons. The number of rotatable bonds is 5. The number of hydrogen-bond acceptors (Lipinski definition) is 7. The molecule has 0 spiro atoms. The van der Waals surface area contributed by atoms with E-state index >= 15 is 0 Å². The zero-order valence-corrected chi connectivity index (χ0v) is 12.8. The number of morpholine rings is 1. The van der Waals surface area contributed by atoms with E-state index in [1.54, 1.807) is 0 Å². The Kier molecular flexibility index (Phi) is 4.94. The van der Waals surface area contributed by atoms with E-state index in [4.69, 9.17) is 4.74 Å². The van der Waals surface area contributed by atoms with E-state index < -0.39 is 0 Å². The lowest BCUT2D eigenvalue weighted by molar-refractivity contribution is 0.0921. The summed E-state index contributed by atoms with van der Waals surface area (Å²) in [5, 5.41) is 3.17. The molecule has 2 rings (SSSR count). The summed E-state index contributed by atoms with van der Waals surface area (Å²) in [7, 11) is 3.87. The second-order valence-electron chi connectivity index (χ2n) is 5.01. The highest BCUT2D eigenvalue weighted by Crippen LogP contribution is 2.20. The molecule has 1 aliphatic heterocycles. The third-order valence-corrected chi connectivity index (χ3v) is 3.30. The lowest BCUT2D eigenvalue weighted by Crippen LogP contribution is -2.46. The van der Waals surface area contributed by atoms with Crippen molar-refractivity contribution in [1.82, 2.24) is 15.0 Å². The third kappa shape index (κ3) is 3.27. The molecule has 1 unspecified atom stereocenters. The summed E-state index contributed by atoms with van der Waals surface area (Å²) >= 11 is 0. The van der Waals surface area contributed by atoms with Crippen LogP contribution in [0.2, 0.25) is 0 Å². The second kappa shape index (κ2) is 6.69. The van der Waals surface area contributed by atoms with Gasteiger partial charge in [-0.1, -0.05) is 6.92 Å². The maximum absolute atomic E-state index is 5.54. The first-order valence-electron chi connectivity index (χ1n) is 7.17. The van der Waals surface area contributed by atoms with Gasteiger partial charge in [-0.2, -0.15) is 15.0 Å². The third-order valence-electron chi connectivity index (χ3n) is 3.30. The van der Waals surface area contributed by atoms with Gasteiger partial charge in [-0.3, -0.25) is 0 Å². The van der Waals surface area contributed by atoms with E-state index in [1.165, 1.54) is 0 Å². The SMILES string of the molecule is CCNc1nc(N(C)C)nc(N2CCOCC2CC)n1. The Morgan fingerprint density at radius 3 is 2.75 bits per heavy atom. The first-order chi connectivity index (χ1) is 9.65. The summed E-state index contributed by atoms with van der Waals surface area (Å²) in [6, 6.07) is 0.329. The van der Waals surface area contributed by atoms with Crippen LogP contribution < -0.4 is 15.1 Å². The van der Waals surface area contributed by atoms with Gasteiger partial charge >= 0.3 is 0 Å². The molecule has 2 heterocycles. The average Bonchev–Trinajstić information content (AvgIpc) is 2.47. The highest BCUT2D eigenvalue weighted by atomic mass is 16.5. The Balaban J connectivity index is 2.32. The zero-order valence-electron chi connectivity index (χ0n) is 12.8. The highest BCUT2D eigenvalue weighted by Gasteiger charge is 2.25. The summed E-state index contributed by atoms with van der Waals surface area (Å²) in [6.07, 6.45) is 1.01. The van der Waals surface area contributed by atoms with E-state index in [-0.39, 0.29) is 0 Å². The molecule has 7 heteroatoms. The normalized spacial score (nSPS) is 19.0. The highest BCUT2D eigenvalue weighted by molar-refractivity contribution is 5.45. The number of nitrogens with zero attached hydrogens (tertiary/aromatic N) is 5. The fraction of sp³-hybridized carbons (Fsp3) is 0.769. The van der Waals surface area contributed by atoms with Gasteiger partial charge in [0.15, 0.2) is 0 Å². The molecular formula is C13H24N6O. The van der Waals surface area contributed by atoms with E-state index in [1.807, 2.05) is 25.9 Å². The molecule has 0 aromatic carbocycles. The smallest absolute Gasteiger partial charge is 0.232 e. The Bertz CT molecular complexity index is 439. The van der Waals surface area contributed by atoms with Crippen LogP contribution in [0.5, 0.6) is 0 Å². The van der Waals surface area contributed by atoms with Crippen molar-refractivity contribution < 1.29 is 4.74 Å². The van der Waals surface area contributed by atoms with Crippen molar-refractivity contribution >= 4 is 17.8 Å². The first kappa shape index (κ1) is 14.8. The molecule has 1 N–H and O–H groups in total. The van der Waals surface area contributed by atoms with E-state index in [2.05, 4.69) is 32.1 Å². The largest absolute Gasteiger partial charge is 0.377 e. The number of aromatic nitrogens is 3. The summed E-state index contributed by atoms with van der Waals surface area (Å²) in [4.78, 5) is 17.6. The number of nitrogens with one attached hydrogen (secondary N) is 1. The van der Waals surface area contributed by atoms with Crippen LogP contribution in [0, 0.1) is 0 Å². The molecule has 1 aromatic heterocycles. The van der Waals surface area contributed by atoms with Gasteiger partial charge in [-0.15, -0.1) is 0 Å². The zero-order chi connectivity index (χ0) is 14.5. The topological polar surface area (TPSA) is 66.4 Å². The van der Waals surface area contributed by atoms with Gasteiger partial charge in [0.1, 0.15) is 0 Å². The molecule has 0 radical (unpaired) electrons. The van der Waals surface area contributed by atoms with Crippen molar-refractivity contribution in [2.45, 2.75) is 26.3 Å². The molecule has 0 amide bonds. The van der Waals surface area contributed by atoms with Gasteiger partial charge in [0.25, 0.3) is 0 Å². The molecule has 0 aliphatic carbocycles. The minimum Gasteiger partial charge on any atom is -0.377 e. The Labute approximate surface area is 120 Å². The minimum atomic E-state index is 0.329. The van der Waals surface area contributed by atoms with Crippen molar-refractivity contribution in [1.29, 1.82) is 0 Å². The quantitative estimate of drug-likeness (QED) is 0.862. The van der Waals surface area contributed by atoms with Crippen LogP contribution in [-0.4, -0.2) is 61.4 Å². The van der Waals surface area contributed by atoms with E-state index in [9.17, 15) is 0 Å². The second-order valence-corrected chi connectivity index (χ2v) is 5.01. The summed E-state index contributed by atoms with van der Waals surface area (Å²) in [6.45, 7) is 7.25. The fourth-order valence-corrected chi connectivity index (χ4v) is 2.18. The average molecular weight is 280 g/mol. The Morgan fingerprint density at radius 2 is 2.10 bits per heavy atom. The summed E-state index contributed by atoms with van der Waals surface area (Å²) in [5.74, 6) is 2.03. The van der Waals surface area contributed by atoms with Gasteiger partial charge in [-0.05, 0) is 13.3 Å². The van der Waals surface area contributed by atoms with Gasteiger partial charge in [0, 0.05) is 27.2 Å². The monoisotopic (exact) mass is 280 g/mol. The van der Waals surface area contributed by atoms with Gasteiger partial charge in [0.2, 0.25) is 17.8 Å². The molecule has 1 atom stereocenters. The predicted molar refractivity (Wildman–Crippen MR) is 80.6 cm³/mol. The van der Waals surface area contributed by atoms with E-state index in [0.29, 0.717) is 17.9 Å².